The van der Waals surface area contributed by atoms with Crippen LogP contribution in [0.1, 0.15) is 5.56 Å². The van der Waals surface area contributed by atoms with E-state index in [1.165, 1.54) is 6.20 Å². The van der Waals surface area contributed by atoms with Crippen molar-refractivity contribution in [2.45, 2.75) is 6.42 Å². The van der Waals surface area contributed by atoms with Crippen LogP contribution in [0.5, 0.6) is 0 Å². The summed E-state index contributed by atoms with van der Waals surface area (Å²) in [6, 6.07) is 9.16. The lowest BCUT2D eigenvalue weighted by atomic mass is 10.2. The largest absolute Gasteiger partial charge is 0.481 e. The van der Waals surface area contributed by atoms with Gasteiger partial charge in [-0.1, -0.05) is 30.3 Å². The van der Waals surface area contributed by atoms with Gasteiger partial charge in [-0.05, 0) is 0 Å². The molecular formula is C12H10N2O3. The van der Waals surface area contributed by atoms with Crippen molar-refractivity contribution in [2.24, 2.45) is 0 Å². The van der Waals surface area contributed by atoms with Crippen molar-refractivity contribution in [1.29, 1.82) is 0 Å². The van der Waals surface area contributed by atoms with E-state index in [4.69, 9.17) is 5.11 Å². The van der Waals surface area contributed by atoms with Crippen molar-refractivity contribution in [1.82, 2.24) is 9.97 Å². The van der Waals surface area contributed by atoms with Crippen LogP contribution in [-0.2, 0) is 11.2 Å². The highest BCUT2D eigenvalue weighted by Gasteiger charge is 2.07. The number of aromatic amines is 1. The zero-order valence-corrected chi connectivity index (χ0v) is 8.88. The Kier molecular flexibility index (Phi) is 3.00. The van der Waals surface area contributed by atoms with Crippen LogP contribution in [0.2, 0.25) is 0 Å². The van der Waals surface area contributed by atoms with Gasteiger partial charge in [0.05, 0.1) is 6.42 Å². The van der Waals surface area contributed by atoms with Gasteiger partial charge < -0.3 is 10.1 Å². The monoisotopic (exact) mass is 230 g/mol. The van der Waals surface area contributed by atoms with Crippen LogP contribution >= 0.6 is 0 Å². The molecule has 0 saturated heterocycles. The van der Waals surface area contributed by atoms with Crippen molar-refractivity contribution >= 4 is 5.97 Å². The zero-order valence-electron chi connectivity index (χ0n) is 8.88. The van der Waals surface area contributed by atoms with Gasteiger partial charge in [0.2, 0.25) is 0 Å². The molecule has 5 heteroatoms. The second kappa shape index (κ2) is 4.61. The van der Waals surface area contributed by atoms with Crippen LogP contribution in [0.15, 0.2) is 41.3 Å². The topological polar surface area (TPSA) is 83.0 Å². The minimum absolute atomic E-state index is 0.150. The summed E-state index contributed by atoms with van der Waals surface area (Å²) in [6.07, 6.45) is 0.979. The van der Waals surface area contributed by atoms with Gasteiger partial charge in [0, 0.05) is 17.3 Å². The highest BCUT2D eigenvalue weighted by atomic mass is 16.4. The van der Waals surface area contributed by atoms with E-state index in [-0.39, 0.29) is 12.0 Å². The van der Waals surface area contributed by atoms with Gasteiger partial charge in [0.25, 0.3) is 5.56 Å². The molecule has 0 spiro atoms. The average molecular weight is 230 g/mol. The van der Waals surface area contributed by atoms with Gasteiger partial charge in [0.1, 0.15) is 5.82 Å². The fourth-order valence-electron chi connectivity index (χ4n) is 1.45. The van der Waals surface area contributed by atoms with Crippen LogP contribution < -0.4 is 5.56 Å². The first-order chi connectivity index (χ1) is 8.16. The zero-order chi connectivity index (χ0) is 12.3. The molecule has 86 valence electrons. The number of carboxylic acids is 1. The Morgan fingerprint density at radius 3 is 2.59 bits per heavy atom. The Morgan fingerprint density at radius 1 is 1.29 bits per heavy atom. The van der Waals surface area contributed by atoms with E-state index >= 15 is 0 Å². The van der Waals surface area contributed by atoms with Gasteiger partial charge >= 0.3 is 5.97 Å². The minimum atomic E-state index is -1.05. The third kappa shape index (κ3) is 2.57. The molecule has 17 heavy (non-hydrogen) atoms. The molecule has 2 N–H and O–H groups in total. The fraction of sp³-hybridized carbons (Fsp3) is 0.0833. The molecule has 0 aliphatic rings. The molecule has 0 atom stereocenters. The van der Waals surface area contributed by atoms with Gasteiger partial charge in [-0.3, -0.25) is 9.59 Å². The Bertz CT molecular complexity index is 590. The molecule has 0 aliphatic carbocycles. The summed E-state index contributed by atoms with van der Waals surface area (Å²) in [5.41, 5.74) is 0.518. The number of carboxylic acid groups (broad SMARTS) is 1. The number of hydrogen-bond acceptors (Lipinski definition) is 3. The van der Waals surface area contributed by atoms with E-state index in [2.05, 4.69) is 9.97 Å². The van der Waals surface area contributed by atoms with E-state index in [0.717, 1.165) is 5.56 Å². The number of nitrogens with zero attached hydrogens (tertiary/aromatic N) is 1. The maximum Gasteiger partial charge on any atom is 0.308 e. The highest BCUT2D eigenvalue weighted by Crippen LogP contribution is 2.11. The summed E-state index contributed by atoms with van der Waals surface area (Å²) in [5.74, 6) is -0.616. The molecule has 0 saturated carbocycles. The first-order valence-corrected chi connectivity index (χ1v) is 5.02. The number of aliphatic carboxylic acids is 1. The van der Waals surface area contributed by atoms with E-state index in [1.54, 1.807) is 0 Å². The van der Waals surface area contributed by atoms with E-state index < -0.39 is 11.5 Å². The maximum absolute atomic E-state index is 11.6. The molecule has 0 amide bonds. The molecule has 0 bridgehead atoms. The van der Waals surface area contributed by atoms with E-state index in [1.807, 2.05) is 30.3 Å². The number of hydrogen-bond donors (Lipinski definition) is 2. The van der Waals surface area contributed by atoms with Crippen molar-refractivity contribution in [3.8, 4) is 11.4 Å². The Hall–Kier alpha value is -2.43. The molecule has 2 rings (SSSR count). The predicted molar refractivity (Wildman–Crippen MR) is 61.6 cm³/mol. The molecular weight excluding hydrogens is 220 g/mol. The van der Waals surface area contributed by atoms with E-state index in [0.29, 0.717) is 5.82 Å². The first kappa shape index (κ1) is 11.1. The van der Waals surface area contributed by atoms with Crippen LogP contribution in [0, 0.1) is 0 Å². The van der Waals surface area contributed by atoms with Gasteiger partial charge in [-0.15, -0.1) is 0 Å². The van der Waals surface area contributed by atoms with Crippen molar-refractivity contribution in [2.75, 3.05) is 0 Å². The highest BCUT2D eigenvalue weighted by molar-refractivity contribution is 5.70. The van der Waals surface area contributed by atoms with Crippen molar-refractivity contribution < 1.29 is 9.90 Å². The molecule has 0 fully saturated rings. The van der Waals surface area contributed by atoms with E-state index in [9.17, 15) is 9.59 Å². The normalized spacial score (nSPS) is 10.1. The standard InChI is InChI=1S/C12H10N2O3/c15-10(16)6-9-7-13-11(14-12(9)17)8-4-2-1-3-5-8/h1-5,7H,6H2,(H,15,16)(H,13,14,17). The summed E-state index contributed by atoms with van der Waals surface area (Å²) in [5, 5.41) is 8.60. The molecule has 1 aromatic carbocycles. The van der Waals surface area contributed by atoms with Gasteiger partial charge in [0.15, 0.2) is 0 Å². The fourth-order valence-corrected chi connectivity index (χ4v) is 1.45. The summed E-state index contributed by atoms with van der Waals surface area (Å²) in [6.45, 7) is 0. The molecule has 0 unspecified atom stereocenters. The van der Waals surface area contributed by atoms with Crippen molar-refractivity contribution in [3.05, 3.63) is 52.4 Å². The predicted octanol–water partition coefficient (Wildman–Crippen LogP) is 1.06. The summed E-state index contributed by atoms with van der Waals surface area (Å²) in [7, 11) is 0. The number of aromatic nitrogens is 2. The van der Waals surface area contributed by atoms with Crippen LogP contribution in [0.25, 0.3) is 11.4 Å². The van der Waals surface area contributed by atoms with Gasteiger partial charge in [-0.25, -0.2) is 4.98 Å². The molecule has 0 radical (unpaired) electrons. The molecule has 1 heterocycles. The number of rotatable bonds is 3. The summed E-state index contributed by atoms with van der Waals surface area (Å²) in [4.78, 5) is 28.7. The Morgan fingerprint density at radius 2 is 2.00 bits per heavy atom. The average Bonchev–Trinajstić information content (AvgIpc) is 2.32. The second-order valence-electron chi connectivity index (χ2n) is 3.52. The lowest BCUT2D eigenvalue weighted by Crippen LogP contribution is -2.17. The Labute approximate surface area is 96.8 Å². The molecule has 0 aliphatic heterocycles. The Balaban J connectivity index is 2.38. The summed E-state index contributed by atoms with van der Waals surface area (Å²) >= 11 is 0. The second-order valence-corrected chi connectivity index (χ2v) is 3.52. The third-order valence-electron chi connectivity index (χ3n) is 2.26. The maximum atomic E-state index is 11.6. The number of H-pyrrole nitrogens is 1. The SMILES string of the molecule is O=C(O)Cc1cnc(-c2ccccc2)[nH]c1=O. The molecule has 2 aromatic rings. The van der Waals surface area contributed by atoms with Crippen LogP contribution in [0.4, 0.5) is 0 Å². The number of carbonyl (C=O) groups is 1. The summed E-state index contributed by atoms with van der Waals surface area (Å²) < 4.78 is 0. The van der Waals surface area contributed by atoms with Crippen molar-refractivity contribution in [3.63, 3.8) is 0 Å². The lowest BCUT2D eigenvalue weighted by Gasteiger charge is -2.01. The lowest BCUT2D eigenvalue weighted by molar-refractivity contribution is -0.136. The molecule has 1 aromatic heterocycles. The number of nitrogens with one attached hydrogen (secondary N) is 1. The third-order valence-corrected chi connectivity index (χ3v) is 2.26. The molecule has 5 nitrogen and oxygen atoms in total. The smallest absolute Gasteiger partial charge is 0.308 e. The number of benzene rings is 1. The van der Waals surface area contributed by atoms with Crippen LogP contribution in [0.3, 0.4) is 0 Å². The van der Waals surface area contributed by atoms with Crippen LogP contribution in [-0.4, -0.2) is 21.0 Å². The minimum Gasteiger partial charge on any atom is -0.481 e. The quantitative estimate of drug-likeness (QED) is 0.826. The van der Waals surface area contributed by atoms with Gasteiger partial charge in [-0.2, -0.15) is 0 Å². The first-order valence-electron chi connectivity index (χ1n) is 5.02.